The maximum absolute atomic E-state index is 12.8. The number of piperidine rings is 1. The summed E-state index contributed by atoms with van der Waals surface area (Å²) in [6.07, 6.45) is 3.11. The summed E-state index contributed by atoms with van der Waals surface area (Å²) < 4.78 is 0. The van der Waals surface area contributed by atoms with Gasteiger partial charge in [-0.2, -0.15) is 0 Å². The Kier molecular flexibility index (Phi) is 4.24. The van der Waals surface area contributed by atoms with Crippen LogP contribution in [-0.2, 0) is 0 Å². The molecule has 0 unspecified atom stereocenters. The van der Waals surface area contributed by atoms with Gasteiger partial charge in [0.2, 0.25) is 0 Å². The molecule has 26 heavy (non-hydrogen) atoms. The molecule has 2 aliphatic rings. The van der Waals surface area contributed by atoms with Crippen LogP contribution in [0.25, 0.3) is 0 Å². The molecule has 0 aliphatic carbocycles. The van der Waals surface area contributed by atoms with Crippen LogP contribution < -0.4 is 4.90 Å². The van der Waals surface area contributed by atoms with E-state index in [4.69, 9.17) is 11.6 Å². The second-order valence-electron chi connectivity index (χ2n) is 6.51. The van der Waals surface area contributed by atoms with Gasteiger partial charge in [0.05, 0.1) is 21.8 Å². The van der Waals surface area contributed by atoms with Crippen LogP contribution >= 0.6 is 11.6 Å². The molecule has 0 atom stereocenters. The number of anilines is 1. The van der Waals surface area contributed by atoms with Crippen LogP contribution in [0, 0.1) is 0 Å². The van der Waals surface area contributed by atoms with E-state index < -0.39 is 11.8 Å². The van der Waals surface area contributed by atoms with Crippen molar-refractivity contribution in [3.63, 3.8) is 0 Å². The van der Waals surface area contributed by atoms with Crippen molar-refractivity contribution >= 4 is 35.0 Å². The molecular weight excluding hydrogens is 352 g/mol. The maximum Gasteiger partial charge on any atom is 0.266 e. The van der Waals surface area contributed by atoms with Crippen LogP contribution in [0.2, 0.25) is 5.02 Å². The van der Waals surface area contributed by atoms with Crippen LogP contribution in [0.5, 0.6) is 0 Å². The first-order valence-corrected chi connectivity index (χ1v) is 9.02. The van der Waals surface area contributed by atoms with Crippen LogP contribution in [-0.4, -0.2) is 35.7 Å². The third-order valence-electron chi connectivity index (χ3n) is 4.87. The minimum Gasteiger partial charge on any atom is -0.339 e. The van der Waals surface area contributed by atoms with Crippen molar-refractivity contribution in [2.24, 2.45) is 0 Å². The van der Waals surface area contributed by atoms with Gasteiger partial charge in [0.25, 0.3) is 17.7 Å². The first-order chi connectivity index (χ1) is 12.6. The molecule has 0 saturated carbocycles. The molecule has 2 aromatic carbocycles. The number of halogens is 1. The van der Waals surface area contributed by atoms with Crippen molar-refractivity contribution in [3.8, 4) is 0 Å². The number of imide groups is 1. The Labute approximate surface area is 156 Å². The third kappa shape index (κ3) is 2.69. The fraction of sp³-hybridized carbons (Fsp3) is 0.250. The molecule has 0 aromatic heterocycles. The molecule has 5 nitrogen and oxygen atoms in total. The van der Waals surface area contributed by atoms with E-state index in [9.17, 15) is 14.4 Å². The van der Waals surface area contributed by atoms with Gasteiger partial charge in [-0.15, -0.1) is 0 Å². The molecule has 132 valence electrons. The molecule has 3 amide bonds. The van der Waals surface area contributed by atoms with Gasteiger partial charge in [0.1, 0.15) is 0 Å². The lowest BCUT2D eigenvalue weighted by Gasteiger charge is -2.27. The molecule has 4 rings (SSSR count). The smallest absolute Gasteiger partial charge is 0.266 e. The van der Waals surface area contributed by atoms with E-state index in [1.54, 1.807) is 47.4 Å². The molecule has 1 fully saturated rings. The van der Waals surface area contributed by atoms with E-state index >= 15 is 0 Å². The minimum atomic E-state index is -0.421. The molecule has 0 spiro atoms. The zero-order valence-electron chi connectivity index (χ0n) is 14.1. The molecule has 2 heterocycles. The Hall–Kier alpha value is -2.66. The number of rotatable bonds is 2. The highest BCUT2D eigenvalue weighted by molar-refractivity contribution is 6.40. The van der Waals surface area contributed by atoms with Crippen molar-refractivity contribution in [1.29, 1.82) is 0 Å². The highest BCUT2D eigenvalue weighted by Crippen LogP contribution is 2.34. The average molecular weight is 369 g/mol. The Balaban J connectivity index is 1.70. The largest absolute Gasteiger partial charge is 0.339 e. The van der Waals surface area contributed by atoms with Gasteiger partial charge in [-0.05, 0) is 49.6 Å². The number of likely N-dealkylation sites (tertiary alicyclic amines) is 1. The number of benzene rings is 2. The van der Waals surface area contributed by atoms with E-state index in [0.717, 1.165) is 37.3 Å². The summed E-state index contributed by atoms with van der Waals surface area (Å²) in [4.78, 5) is 41.0. The van der Waals surface area contributed by atoms with Crippen molar-refractivity contribution in [2.75, 3.05) is 18.0 Å². The molecule has 2 aliphatic heterocycles. The molecule has 1 saturated heterocycles. The summed E-state index contributed by atoms with van der Waals surface area (Å²) in [5, 5.41) is 0.259. The molecule has 2 aromatic rings. The van der Waals surface area contributed by atoms with Gasteiger partial charge < -0.3 is 4.90 Å². The number of amides is 3. The van der Waals surface area contributed by atoms with Gasteiger partial charge in [0.15, 0.2) is 0 Å². The zero-order chi connectivity index (χ0) is 18.3. The second kappa shape index (κ2) is 6.57. The molecule has 0 N–H and O–H groups in total. The summed E-state index contributed by atoms with van der Waals surface area (Å²) in [6.45, 7) is 1.45. The minimum absolute atomic E-state index is 0.0979. The van der Waals surface area contributed by atoms with Gasteiger partial charge in [-0.1, -0.05) is 23.7 Å². The predicted molar refractivity (Wildman–Crippen MR) is 98.8 cm³/mol. The summed E-state index contributed by atoms with van der Waals surface area (Å²) in [5.74, 6) is -0.940. The fourth-order valence-corrected chi connectivity index (χ4v) is 3.71. The lowest BCUT2D eigenvalue weighted by Crippen LogP contribution is -2.36. The number of hydrogen-bond donors (Lipinski definition) is 0. The zero-order valence-corrected chi connectivity index (χ0v) is 14.8. The molecule has 0 radical (unpaired) electrons. The van der Waals surface area contributed by atoms with Crippen molar-refractivity contribution in [2.45, 2.75) is 19.3 Å². The Morgan fingerprint density at radius 2 is 1.50 bits per heavy atom. The fourth-order valence-electron chi connectivity index (χ4n) is 3.50. The van der Waals surface area contributed by atoms with Crippen LogP contribution in [0.3, 0.4) is 0 Å². The van der Waals surface area contributed by atoms with E-state index in [2.05, 4.69) is 0 Å². The Bertz CT molecular complexity index is 884. The highest BCUT2D eigenvalue weighted by atomic mass is 35.5. The van der Waals surface area contributed by atoms with E-state index in [0.29, 0.717) is 16.7 Å². The average Bonchev–Trinajstić information content (AvgIpc) is 2.93. The standard InChI is InChI=1S/C20H17ClN2O3/c21-16-9-8-13(18(24)22-10-4-1-5-11-22)12-17(16)23-19(25)14-6-2-3-7-15(14)20(23)26/h2-3,6-9,12H,1,4-5,10-11H2. The van der Waals surface area contributed by atoms with Crippen LogP contribution in [0.1, 0.15) is 50.3 Å². The van der Waals surface area contributed by atoms with E-state index in [1.807, 2.05) is 0 Å². The predicted octanol–water partition coefficient (Wildman–Crippen LogP) is 3.77. The number of carbonyl (C=O) groups is 3. The normalized spacial score (nSPS) is 16.8. The maximum atomic E-state index is 12.8. The molecule has 6 heteroatoms. The number of carbonyl (C=O) groups excluding carboxylic acids is 3. The van der Waals surface area contributed by atoms with Gasteiger partial charge in [-0.25, -0.2) is 4.90 Å². The number of hydrogen-bond acceptors (Lipinski definition) is 3. The third-order valence-corrected chi connectivity index (χ3v) is 5.19. The van der Waals surface area contributed by atoms with E-state index in [-0.39, 0.29) is 16.6 Å². The second-order valence-corrected chi connectivity index (χ2v) is 6.92. The Morgan fingerprint density at radius 1 is 0.885 bits per heavy atom. The summed E-state index contributed by atoms with van der Waals surface area (Å²) in [6, 6.07) is 11.4. The van der Waals surface area contributed by atoms with Crippen LogP contribution in [0.4, 0.5) is 5.69 Å². The summed E-state index contributed by atoms with van der Waals surface area (Å²) in [7, 11) is 0. The summed E-state index contributed by atoms with van der Waals surface area (Å²) >= 11 is 6.27. The monoisotopic (exact) mass is 368 g/mol. The Morgan fingerprint density at radius 3 is 2.12 bits per heavy atom. The first-order valence-electron chi connectivity index (χ1n) is 8.64. The first kappa shape index (κ1) is 16.8. The lowest BCUT2D eigenvalue weighted by atomic mass is 10.1. The van der Waals surface area contributed by atoms with Crippen molar-refractivity contribution in [3.05, 3.63) is 64.2 Å². The van der Waals surface area contributed by atoms with Crippen molar-refractivity contribution in [1.82, 2.24) is 4.90 Å². The quantitative estimate of drug-likeness (QED) is 0.758. The van der Waals surface area contributed by atoms with E-state index in [1.165, 1.54) is 0 Å². The topological polar surface area (TPSA) is 57.7 Å². The van der Waals surface area contributed by atoms with Gasteiger partial charge in [-0.3, -0.25) is 14.4 Å². The number of nitrogens with zero attached hydrogens (tertiary/aromatic N) is 2. The molecular formula is C20H17ClN2O3. The molecule has 0 bridgehead atoms. The number of fused-ring (bicyclic) bond motifs is 1. The lowest BCUT2D eigenvalue weighted by molar-refractivity contribution is 0.0723. The summed E-state index contributed by atoms with van der Waals surface area (Å²) in [5.41, 5.74) is 1.38. The van der Waals surface area contributed by atoms with Gasteiger partial charge >= 0.3 is 0 Å². The van der Waals surface area contributed by atoms with Gasteiger partial charge in [0, 0.05) is 18.7 Å². The van der Waals surface area contributed by atoms with Crippen LogP contribution in [0.15, 0.2) is 42.5 Å². The highest BCUT2D eigenvalue weighted by Gasteiger charge is 2.37. The van der Waals surface area contributed by atoms with Crippen molar-refractivity contribution < 1.29 is 14.4 Å². The SMILES string of the molecule is O=C(c1ccc(Cl)c(N2C(=O)c3ccccc3C2=O)c1)N1CCCCC1.